The highest BCUT2D eigenvalue weighted by Crippen LogP contribution is 2.38. The van der Waals surface area contributed by atoms with Gasteiger partial charge < -0.3 is 20.0 Å². The Morgan fingerprint density at radius 3 is 2.85 bits per heavy atom. The number of carbonyl (C=O) groups is 1. The average Bonchev–Trinajstić information content (AvgIpc) is 3.35. The minimum absolute atomic E-state index is 0.0591. The molecule has 5 heterocycles. The van der Waals surface area contributed by atoms with Gasteiger partial charge in [-0.05, 0) is 55.5 Å². The number of hydrogen-bond donors (Lipinski definition) is 2. The van der Waals surface area contributed by atoms with Gasteiger partial charge in [0, 0.05) is 49.1 Å². The van der Waals surface area contributed by atoms with Crippen molar-refractivity contribution >= 4 is 50.6 Å². The van der Waals surface area contributed by atoms with Gasteiger partial charge >= 0.3 is 0 Å². The SMILES string of the molecule is O=C(/C=C/C[N+]1(C2CCNCC2)CCCCC1)N1CCc2c(sc3ncnc(Nc4ccc(F)c(Cl)c4)c23)C1. The summed E-state index contributed by atoms with van der Waals surface area (Å²) in [7, 11) is 0. The van der Waals surface area contributed by atoms with E-state index in [1.165, 1.54) is 63.2 Å². The summed E-state index contributed by atoms with van der Waals surface area (Å²) in [4.78, 5) is 26.2. The number of piperidine rings is 2. The van der Waals surface area contributed by atoms with Gasteiger partial charge in [-0.2, -0.15) is 0 Å². The van der Waals surface area contributed by atoms with E-state index in [1.807, 2.05) is 11.0 Å². The molecule has 1 aromatic carbocycles. The summed E-state index contributed by atoms with van der Waals surface area (Å²) in [6.45, 7) is 6.88. The van der Waals surface area contributed by atoms with Crippen LogP contribution in [0.1, 0.15) is 42.5 Å². The zero-order valence-corrected chi connectivity index (χ0v) is 23.7. The lowest BCUT2D eigenvalue weighted by molar-refractivity contribution is -0.951. The number of hydrogen-bond acceptors (Lipinski definition) is 6. The molecule has 0 unspecified atom stereocenters. The molecule has 7 nitrogen and oxygen atoms in total. The monoisotopic (exact) mass is 569 g/mol. The van der Waals surface area contributed by atoms with Crippen LogP contribution in [0.2, 0.25) is 5.02 Å². The van der Waals surface area contributed by atoms with E-state index in [2.05, 4.69) is 26.7 Å². The van der Waals surface area contributed by atoms with E-state index in [0.29, 0.717) is 30.6 Å². The molecule has 1 amide bonds. The van der Waals surface area contributed by atoms with Crippen LogP contribution in [0.4, 0.5) is 15.9 Å². The molecule has 2 fully saturated rings. The van der Waals surface area contributed by atoms with Crippen LogP contribution in [-0.4, -0.2) is 70.6 Å². The van der Waals surface area contributed by atoms with Crippen LogP contribution >= 0.6 is 22.9 Å². The molecule has 206 valence electrons. The van der Waals surface area contributed by atoms with Gasteiger partial charge in [-0.1, -0.05) is 11.6 Å². The second-order valence-corrected chi connectivity index (χ2v) is 12.5. The third-order valence-electron chi connectivity index (χ3n) is 8.65. The number of aromatic nitrogens is 2. The molecular formula is C29H35ClFN6OS+. The molecule has 39 heavy (non-hydrogen) atoms. The fraction of sp³-hybridized carbons (Fsp3) is 0.483. The molecule has 2 saturated heterocycles. The van der Waals surface area contributed by atoms with Gasteiger partial charge in [0.15, 0.2) is 0 Å². The predicted molar refractivity (Wildman–Crippen MR) is 155 cm³/mol. The first-order valence-electron chi connectivity index (χ1n) is 14.0. The molecule has 10 heteroatoms. The van der Waals surface area contributed by atoms with Gasteiger partial charge in [0.1, 0.15) is 22.8 Å². The van der Waals surface area contributed by atoms with E-state index in [4.69, 9.17) is 11.6 Å². The second-order valence-electron chi connectivity index (χ2n) is 11.0. The number of nitrogens with one attached hydrogen (secondary N) is 2. The first-order valence-corrected chi connectivity index (χ1v) is 15.2. The van der Waals surface area contributed by atoms with E-state index >= 15 is 0 Å². The van der Waals surface area contributed by atoms with E-state index in [0.717, 1.165) is 45.6 Å². The maximum Gasteiger partial charge on any atom is 0.246 e. The summed E-state index contributed by atoms with van der Waals surface area (Å²) in [5, 5.41) is 7.82. The molecule has 0 saturated carbocycles. The van der Waals surface area contributed by atoms with Crippen LogP contribution in [-0.2, 0) is 17.8 Å². The van der Waals surface area contributed by atoms with Crippen molar-refractivity contribution in [3.05, 3.63) is 58.0 Å². The number of rotatable bonds is 6. The summed E-state index contributed by atoms with van der Waals surface area (Å²) < 4.78 is 14.8. The van der Waals surface area contributed by atoms with Crippen LogP contribution < -0.4 is 10.6 Å². The number of quaternary nitrogens is 1. The normalized spacial score (nSPS) is 19.9. The maximum atomic E-state index is 13.6. The molecule has 0 radical (unpaired) electrons. The number of halogens is 2. The van der Waals surface area contributed by atoms with E-state index in [9.17, 15) is 9.18 Å². The summed E-state index contributed by atoms with van der Waals surface area (Å²) in [6, 6.07) is 5.24. The molecular weight excluding hydrogens is 535 g/mol. The van der Waals surface area contributed by atoms with Crippen molar-refractivity contribution in [2.24, 2.45) is 0 Å². The lowest BCUT2D eigenvalue weighted by Gasteiger charge is -2.48. The van der Waals surface area contributed by atoms with Crippen molar-refractivity contribution < 1.29 is 13.7 Å². The number of nitrogens with zero attached hydrogens (tertiary/aromatic N) is 4. The quantitative estimate of drug-likeness (QED) is 0.306. The molecule has 0 atom stereocenters. The number of anilines is 2. The smallest absolute Gasteiger partial charge is 0.246 e. The summed E-state index contributed by atoms with van der Waals surface area (Å²) in [5.74, 6) is 0.304. The molecule has 2 N–H and O–H groups in total. The summed E-state index contributed by atoms with van der Waals surface area (Å²) in [5.41, 5.74) is 1.85. The molecule has 3 aliphatic rings. The number of likely N-dealkylation sites (tertiary alicyclic amines) is 1. The highest BCUT2D eigenvalue weighted by atomic mass is 35.5. The largest absolute Gasteiger partial charge is 0.340 e. The fourth-order valence-corrected chi connectivity index (χ4v) is 7.97. The maximum absolute atomic E-state index is 13.6. The van der Waals surface area contributed by atoms with Crippen LogP contribution in [0.3, 0.4) is 0 Å². The van der Waals surface area contributed by atoms with Crippen molar-refractivity contribution in [1.29, 1.82) is 0 Å². The van der Waals surface area contributed by atoms with E-state index in [-0.39, 0.29) is 10.9 Å². The van der Waals surface area contributed by atoms with Gasteiger partial charge in [0.25, 0.3) is 0 Å². The van der Waals surface area contributed by atoms with Crippen molar-refractivity contribution in [3.63, 3.8) is 0 Å². The predicted octanol–water partition coefficient (Wildman–Crippen LogP) is 5.42. The first kappa shape index (κ1) is 26.6. The third kappa shape index (κ3) is 5.55. The molecule has 3 aromatic rings. The Bertz CT molecular complexity index is 1380. The van der Waals surface area contributed by atoms with E-state index in [1.54, 1.807) is 23.5 Å². The Labute approximate surface area is 237 Å². The van der Waals surface area contributed by atoms with Gasteiger partial charge in [-0.3, -0.25) is 4.79 Å². The molecule has 0 bridgehead atoms. The van der Waals surface area contributed by atoms with Gasteiger partial charge in [0.2, 0.25) is 5.91 Å². The fourth-order valence-electron chi connectivity index (χ4n) is 6.58. The number of fused-ring (bicyclic) bond motifs is 3. The number of carbonyl (C=O) groups excluding carboxylic acids is 1. The van der Waals surface area contributed by atoms with Crippen LogP contribution in [0.25, 0.3) is 10.2 Å². The van der Waals surface area contributed by atoms with Crippen LogP contribution in [0, 0.1) is 5.82 Å². The average molecular weight is 570 g/mol. The van der Waals surface area contributed by atoms with Crippen molar-refractivity contribution in [3.8, 4) is 0 Å². The summed E-state index contributed by atoms with van der Waals surface area (Å²) >= 11 is 7.59. The first-order chi connectivity index (χ1) is 19.0. The molecule has 6 rings (SSSR count). The highest BCUT2D eigenvalue weighted by molar-refractivity contribution is 7.19. The van der Waals surface area contributed by atoms with Crippen molar-refractivity contribution in [2.75, 3.05) is 44.6 Å². The molecule has 2 aromatic heterocycles. The minimum atomic E-state index is -0.457. The van der Waals surface area contributed by atoms with Crippen molar-refractivity contribution in [1.82, 2.24) is 20.2 Å². The lowest BCUT2D eigenvalue weighted by atomic mass is 9.96. The third-order valence-corrected chi connectivity index (χ3v) is 10.1. The number of thiophene rings is 1. The lowest BCUT2D eigenvalue weighted by Crippen LogP contribution is -2.60. The standard InChI is InChI=1S/C29H35ClFN6OS/c30-23-17-20(6-7-24(23)31)35-28-27-22-10-13-36(18-25(22)39-29(27)34-19-33-28)26(38)5-4-16-37(14-2-1-3-15-37)21-8-11-32-12-9-21/h4-7,17,19,21,32H,1-3,8-16,18H2,(H,33,34,35)/q+1/b5-4+. The Morgan fingerprint density at radius 1 is 1.23 bits per heavy atom. The molecule has 0 aliphatic carbocycles. The van der Waals surface area contributed by atoms with Gasteiger partial charge in [-0.15, -0.1) is 11.3 Å². The Kier molecular flexibility index (Phi) is 7.84. The minimum Gasteiger partial charge on any atom is -0.340 e. The Hall–Kier alpha value is -2.59. The zero-order chi connectivity index (χ0) is 26.8. The van der Waals surface area contributed by atoms with Gasteiger partial charge in [0.05, 0.1) is 42.6 Å². The molecule has 0 spiro atoms. The highest BCUT2D eigenvalue weighted by Gasteiger charge is 2.38. The molecule has 3 aliphatic heterocycles. The van der Waals surface area contributed by atoms with Crippen molar-refractivity contribution in [2.45, 2.75) is 51.1 Å². The number of amides is 1. The van der Waals surface area contributed by atoms with Crippen LogP contribution in [0.5, 0.6) is 0 Å². The second kappa shape index (κ2) is 11.5. The summed E-state index contributed by atoms with van der Waals surface area (Å²) in [6.07, 6.45) is 12.6. The van der Waals surface area contributed by atoms with Gasteiger partial charge in [-0.25, -0.2) is 14.4 Å². The Balaban J connectivity index is 1.16. The zero-order valence-electron chi connectivity index (χ0n) is 22.1. The Morgan fingerprint density at radius 2 is 2.05 bits per heavy atom. The number of benzene rings is 1. The van der Waals surface area contributed by atoms with Crippen LogP contribution in [0.15, 0.2) is 36.7 Å². The topological polar surface area (TPSA) is 70.2 Å². The van der Waals surface area contributed by atoms with E-state index < -0.39 is 5.82 Å².